The summed E-state index contributed by atoms with van der Waals surface area (Å²) >= 11 is 0. The van der Waals surface area contributed by atoms with Crippen molar-refractivity contribution in [2.24, 2.45) is 0 Å². The molecule has 0 amide bonds. The minimum Gasteiger partial charge on any atom is -0.363 e. The Balaban J connectivity index is 1.61. The number of para-hydroxylation sites is 1. The van der Waals surface area contributed by atoms with Gasteiger partial charge in [0.05, 0.1) is 23.7 Å². The Bertz CT molecular complexity index is 1210. The number of piperidine rings is 1. The molecule has 0 radical (unpaired) electrons. The Morgan fingerprint density at radius 3 is 2.52 bits per heavy atom. The van der Waals surface area contributed by atoms with E-state index in [1.54, 1.807) is 0 Å². The van der Waals surface area contributed by atoms with E-state index in [0.29, 0.717) is 0 Å². The molecule has 2 aliphatic rings. The van der Waals surface area contributed by atoms with E-state index in [9.17, 15) is 8.42 Å². The lowest BCUT2D eigenvalue weighted by molar-refractivity contribution is 0.397. The molecular formula is C24H26N4O2S. The average molecular weight is 435 g/mol. The Hall–Kier alpha value is -2.90. The van der Waals surface area contributed by atoms with Crippen LogP contribution in [0.1, 0.15) is 24.4 Å². The Kier molecular flexibility index (Phi) is 4.95. The van der Waals surface area contributed by atoms with Crippen molar-refractivity contribution in [1.29, 1.82) is 0 Å². The molecule has 160 valence electrons. The van der Waals surface area contributed by atoms with Crippen molar-refractivity contribution in [3.8, 4) is 11.1 Å². The second-order valence-corrected chi connectivity index (χ2v) is 10.2. The third-order valence-electron chi connectivity index (χ3n) is 6.30. The second kappa shape index (κ2) is 7.66. The summed E-state index contributed by atoms with van der Waals surface area (Å²) in [6, 6.07) is 19.1. The quantitative estimate of drug-likeness (QED) is 0.673. The van der Waals surface area contributed by atoms with Gasteiger partial charge in [-0.1, -0.05) is 24.3 Å². The van der Waals surface area contributed by atoms with Gasteiger partial charge < -0.3 is 9.80 Å². The third kappa shape index (κ3) is 3.79. The fourth-order valence-electron chi connectivity index (χ4n) is 4.92. The van der Waals surface area contributed by atoms with Crippen LogP contribution in [0.4, 0.5) is 17.1 Å². The number of hydrogen-bond donors (Lipinski definition) is 1. The maximum atomic E-state index is 11.9. The van der Waals surface area contributed by atoms with Crippen molar-refractivity contribution in [3.05, 3.63) is 72.6 Å². The lowest BCUT2D eigenvalue weighted by Gasteiger charge is -2.41. The van der Waals surface area contributed by atoms with Crippen molar-refractivity contribution >= 4 is 27.1 Å². The smallest absolute Gasteiger partial charge is 0.208 e. The molecule has 3 heterocycles. The van der Waals surface area contributed by atoms with Crippen LogP contribution < -0.4 is 14.5 Å². The number of pyridine rings is 1. The zero-order valence-electron chi connectivity index (χ0n) is 17.7. The number of anilines is 3. The SMILES string of the molecule is CN1c2ccccc2[C@@H]2C[C@@H](NS(C)(=O)=O)CCN2c2ccc(-c3ccncc3)cc21. The number of aromatic nitrogens is 1. The molecule has 7 heteroatoms. The van der Waals surface area contributed by atoms with Crippen LogP contribution in [-0.2, 0) is 10.0 Å². The van der Waals surface area contributed by atoms with Gasteiger partial charge in [0.15, 0.2) is 0 Å². The summed E-state index contributed by atoms with van der Waals surface area (Å²) in [5.41, 5.74) is 7.00. The predicted molar refractivity (Wildman–Crippen MR) is 125 cm³/mol. The first-order valence-electron chi connectivity index (χ1n) is 10.5. The number of sulfonamides is 1. The monoisotopic (exact) mass is 434 g/mol. The van der Waals surface area contributed by atoms with E-state index in [4.69, 9.17) is 0 Å². The first kappa shape index (κ1) is 20.0. The summed E-state index contributed by atoms with van der Waals surface area (Å²) in [5.74, 6) is 0. The van der Waals surface area contributed by atoms with Crippen LogP contribution in [0.5, 0.6) is 0 Å². The van der Waals surface area contributed by atoms with Gasteiger partial charge in [-0.3, -0.25) is 4.98 Å². The van der Waals surface area contributed by atoms with Gasteiger partial charge in [0, 0.05) is 37.7 Å². The van der Waals surface area contributed by atoms with Gasteiger partial charge in [0.2, 0.25) is 10.0 Å². The highest BCUT2D eigenvalue weighted by molar-refractivity contribution is 7.88. The average Bonchev–Trinajstić information content (AvgIpc) is 2.87. The lowest BCUT2D eigenvalue weighted by atomic mass is 9.91. The van der Waals surface area contributed by atoms with E-state index < -0.39 is 10.0 Å². The predicted octanol–water partition coefficient (Wildman–Crippen LogP) is 4.09. The number of fused-ring (bicyclic) bond motifs is 5. The minimum atomic E-state index is -3.24. The van der Waals surface area contributed by atoms with Gasteiger partial charge in [-0.05, 0) is 59.9 Å². The van der Waals surface area contributed by atoms with Crippen LogP contribution in [0.15, 0.2) is 67.0 Å². The molecule has 2 aliphatic heterocycles. The fraction of sp³-hybridized carbons (Fsp3) is 0.292. The van der Waals surface area contributed by atoms with Crippen molar-refractivity contribution < 1.29 is 8.42 Å². The molecular weight excluding hydrogens is 408 g/mol. The number of nitrogens with zero attached hydrogens (tertiary/aromatic N) is 3. The molecule has 2 aromatic carbocycles. The molecule has 0 spiro atoms. The lowest BCUT2D eigenvalue weighted by Crippen LogP contribution is -2.45. The largest absolute Gasteiger partial charge is 0.363 e. The molecule has 1 fully saturated rings. The van der Waals surface area contributed by atoms with E-state index >= 15 is 0 Å². The zero-order chi connectivity index (χ0) is 21.6. The number of benzene rings is 2. The highest BCUT2D eigenvalue weighted by Gasteiger charge is 2.36. The van der Waals surface area contributed by atoms with Crippen LogP contribution in [0, 0.1) is 0 Å². The van der Waals surface area contributed by atoms with Gasteiger partial charge in [0.1, 0.15) is 0 Å². The maximum absolute atomic E-state index is 11.9. The molecule has 2 atom stereocenters. The molecule has 31 heavy (non-hydrogen) atoms. The molecule has 6 nitrogen and oxygen atoms in total. The van der Waals surface area contributed by atoms with Crippen molar-refractivity contribution in [1.82, 2.24) is 9.71 Å². The normalized spacial score (nSPS) is 20.5. The summed E-state index contributed by atoms with van der Waals surface area (Å²) in [4.78, 5) is 8.83. The molecule has 0 unspecified atom stereocenters. The van der Waals surface area contributed by atoms with Crippen LogP contribution >= 0.6 is 0 Å². The summed E-state index contributed by atoms with van der Waals surface area (Å²) in [6.45, 7) is 0.793. The molecule has 3 aromatic rings. The van der Waals surface area contributed by atoms with Crippen molar-refractivity contribution in [3.63, 3.8) is 0 Å². The van der Waals surface area contributed by atoms with Gasteiger partial charge in [-0.2, -0.15) is 0 Å². The molecule has 1 aromatic heterocycles. The van der Waals surface area contributed by atoms with Crippen LogP contribution in [-0.4, -0.2) is 39.3 Å². The summed E-state index contributed by atoms with van der Waals surface area (Å²) in [7, 11) is -1.13. The standard InChI is InChI=1S/C24H26N4O2S/c1-27-21-6-4-3-5-20(21)23-16-19(26-31(2,29)30)11-14-28(23)22-8-7-18(15-24(22)27)17-9-12-25-13-10-17/h3-10,12-13,15,19,23,26H,11,14,16H2,1-2H3/t19-,23-/m0/s1. The summed E-state index contributed by atoms with van der Waals surface area (Å²) in [5, 5.41) is 0. The van der Waals surface area contributed by atoms with Gasteiger partial charge in [-0.15, -0.1) is 0 Å². The molecule has 5 rings (SSSR count). The Labute approximate surface area is 183 Å². The van der Waals surface area contributed by atoms with Crippen molar-refractivity contribution in [2.75, 3.05) is 29.6 Å². The number of nitrogens with one attached hydrogen (secondary N) is 1. The van der Waals surface area contributed by atoms with E-state index in [2.05, 4.69) is 69.0 Å². The Morgan fingerprint density at radius 1 is 0.968 bits per heavy atom. The highest BCUT2D eigenvalue weighted by Crippen LogP contribution is 2.48. The molecule has 0 aliphatic carbocycles. The zero-order valence-corrected chi connectivity index (χ0v) is 18.5. The summed E-state index contributed by atoms with van der Waals surface area (Å²) < 4.78 is 26.6. The maximum Gasteiger partial charge on any atom is 0.208 e. The highest BCUT2D eigenvalue weighted by atomic mass is 32.2. The van der Waals surface area contributed by atoms with Gasteiger partial charge in [-0.25, -0.2) is 13.1 Å². The Morgan fingerprint density at radius 2 is 1.74 bits per heavy atom. The van der Waals surface area contributed by atoms with E-state index in [-0.39, 0.29) is 12.1 Å². The van der Waals surface area contributed by atoms with Crippen LogP contribution in [0.3, 0.4) is 0 Å². The van der Waals surface area contributed by atoms with Crippen LogP contribution in [0.25, 0.3) is 11.1 Å². The summed E-state index contributed by atoms with van der Waals surface area (Å²) in [6.07, 6.45) is 6.39. The molecule has 0 bridgehead atoms. The first-order chi connectivity index (χ1) is 14.9. The molecule has 1 N–H and O–H groups in total. The minimum absolute atomic E-state index is 0.0627. The van der Waals surface area contributed by atoms with Crippen LogP contribution in [0.2, 0.25) is 0 Å². The third-order valence-corrected chi connectivity index (χ3v) is 7.06. The van der Waals surface area contributed by atoms with Gasteiger partial charge in [0.25, 0.3) is 0 Å². The van der Waals surface area contributed by atoms with Gasteiger partial charge >= 0.3 is 0 Å². The van der Waals surface area contributed by atoms with E-state index in [1.165, 1.54) is 17.5 Å². The molecule has 0 saturated carbocycles. The number of rotatable bonds is 3. The molecule has 1 saturated heterocycles. The fourth-order valence-corrected chi connectivity index (χ4v) is 5.74. The number of hydrogen-bond acceptors (Lipinski definition) is 5. The van der Waals surface area contributed by atoms with Crippen molar-refractivity contribution in [2.45, 2.75) is 24.9 Å². The van der Waals surface area contributed by atoms with E-state index in [1.807, 2.05) is 24.5 Å². The first-order valence-corrected chi connectivity index (χ1v) is 12.4. The topological polar surface area (TPSA) is 65.5 Å². The second-order valence-electron chi connectivity index (χ2n) is 8.38. The van der Waals surface area contributed by atoms with E-state index in [0.717, 1.165) is 41.9 Å².